The van der Waals surface area contributed by atoms with E-state index in [9.17, 15) is 34.7 Å². The number of nitrogens with one attached hydrogen (secondary N) is 2. The van der Waals surface area contributed by atoms with Gasteiger partial charge in [0.15, 0.2) is 0 Å². The summed E-state index contributed by atoms with van der Waals surface area (Å²) in [5.41, 5.74) is 0.999. The quantitative estimate of drug-likeness (QED) is 0.314. The minimum atomic E-state index is -1.46. The summed E-state index contributed by atoms with van der Waals surface area (Å²) in [5, 5.41) is 34.6. The molecule has 0 saturated heterocycles. The normalized spacial score (nSPS) is 13.3. The van der Waals surface area contributed by atoms with Gasteiger partial charge in [0.25, 0.3) is 5.69 Å². The van der Waals surface area contributed by atoms with Gasteiger partial charge >= 0.3 is 12.1 Å². The van der Waals surface area contributed by atoms with Crippen LogP contribution in [0, 0.1) is 10.1 Å². The van der Waals surface area contributed by atoms with Crippen LogP contribution >= 0.6 is 0 Å². The Morgan fingerprint density at radius 2 is 1.66 bits per heavy atom. The number of ether oxygens (including phenoxy) is 1. The molecule has 0 aliphatic heterocycles. The molecule has 11 nitrogen and oxygen atoms in total. The molecule has 0 heterocycles. The first kappa shape index (κ1) is 24.3. The number of carbonyl (C=O) groups is 3. The summed E-state index contributed by atoms with van der Waals surface area (Å²) >= 11 is 0. The summed E-state index contributed by atoms with van der Waals surface area (Å²) in [5.74, 6) is -2.28. The minimum absolute atomic E-state index is 0.0568. The summed E-state index contributed by atoms with van der Waals surface area (Å²) in [6, 6.07) is 11.1. The molecule has 0 aromatic heterocycles. The highest BCUT2D eigenvalue weighted by atomic mass is 16.6. The maximum atomic E-state index is 12.5. The number of carbonyl (C=O) groups excluding carboxylic acids is 2. The van der Waals surface area contributed by atoms with Crippen LogP contribution in [0.15, 0.2) is 54.6 Å². The number of nitro benzene ring substituents is 1. The molecule has 3 atom stereocenters. The molecule has 0 radical (unpaired) electrons. The van der Waals surface area contributed by atoms with Crippen molar-refractivity contribution in [2.75, 3.05) is 0 Å². The predicted molar refractivity (Wildman–Crippen MR) is 112 cm³/mol. The number of aliphatic hydroxyl groups is 1. The number of benzene rings is 2. The monoisotopic (exact) mass is 445 g/mol. The molecule has 0 saturated carbocycles. The van der Waals surface area contributed by atoms with E-state index >= 15 is 0 Å². The number of hydrogen-bond donors (Lipinski definition) is 4. The summed E-state index contributed by atoms with van der Waals surface area (Å²) in [4.78, 5) is 46.3. The SMILES string of the molecule is C[C@@H](O)[C@H](NC(=O)OCc1ccccc1)C(=O)N[C@@H](Cc1ccc([N+](=O)[O-])cc1)C(=O)O. The van der Waals surface area contributed by atoms with E-state index in [4.69, 9.17) is 4.74 Å². The molecule has 0 spiro atoms. The highest BCUT2D eigenvalue weighted by Crippen LogP contribution is 2.13. The summed E-state index contributed by atoms with van der Waals surface area (Å²) in [6.07, 6.45) is -2.46. The molecule has 2 aromatic carbocycles. The van der Waals surface area contributed by atoms with E-state index in [1.165, 1.54) is 31.2 Å². The molecule has 0 unspecified atom stereocenters. The number of hydrogen-bond acceptors (Lipinski definition) is 7. The van der Waals surface area contributed by atoms with Crippen molar-refractivity contribution < 1.29 is 34.3 Å². The minimum Gasteiger partial charge on any atom is -0.480 e. The number of nitro groups is 1. The molecule has 0 bridgehead atoms. The molecule has 11 heteroatoms. The second-order valence-corrected chi connectivity index (χ2v) is 6.95. The van der Waals surface area contributed by atoms with E-state index in [0.717, 1.165) is 5.56 Å². The lowest BCUT2D eigenvalue weighted by atomic mass is 10.0. The van der Waals surface area contributed by atoms with E-state index in [-0.39, 0.29) is 18.7 Å². The molecule has 4 N–H and O–H groups in total. The van der Waals surface area contributed by atoms with Crippen molar-refractivity contribution in [2.45, 2.75) is 38.1 Å². The van der Waals surface area contributed by atoms with E-state index in [1.54, 1.807) is 30.3 Å². The van der Waals surface area contributed by atoms with Crippen molar-refractivity contribution in [1.82, 2.24) is 10.6 Å². The van der Waals surface area contributed by atoms with Crippen molar-refractivity contribution in [3.63, 3.8) is 0 Å². The van der Waals surface area contributed by atoms with E-state index in [1.807, 2.05) is 0 Å². The molecule has 0 aliphatic carbocycles. The van der Waals surface area contributed by atoms with Crippen molar-refractivity contribution in [2.24, 2.45) is 0 Å². The van der Waals surface area contributed by atoms with Crippen molar-refractivity contribution >= 4 is 23.7 Å². The zero-order valence-corrected chi connectivity index (χ0v) is 17.1. The van der Waals surface area contributed by atoms with Gasteiger partial charge in [-0.25, -0.2) is 9.59 Å². The molecule has 2 amide bonds. The van der Waals surface area contributed by atoms with Gasteiger partial charge in [0.1, 0.15) is 18.7 Å². The summed E-state index contributed by atoms with van der Waals surface area (Å²) in [7, 11) is 0. The van der Waals surface area contributed by atoms with Crippen LogP contribution in [0.3, 0.4) is 0 Å². The van der Waals surface area contributed by atoms with Gasteiger partial charge in [0.05, 0.1) is 11.0 Å². The summed E-state index contributed by atoms with van der Waals surface area (Å²) in [6.45, 7) is 1.20. The highest BCUT2D eigenvalue weighted by Gasteiger charge is 2.30. The lowest BCUT2D eigenvalue weighted by molar-refractivity contribution is -0.384. The predicted octanol–water partition coefficient (Wildman–Crippen LogP) is 1.38. The smallest absolute Gasteiger partial charge is 0.408 e. The number of nitrogens with zero attached hydrogens (tertiary/aromatic N) is 1. The van der Waals surface area contributed by atoms with Crippen LogP contribution in [-0.2, 0) is 27.4 Å². The molecule has 2 rings (SSSR count). The third-order valence-electron chi connectivity index (χ3n) is 4.45. The number of carboxylic acids is 1. The average Bonchev–Trinajstić information content (AvgIpc) is 2.76. The lowest BCUT2D eigenvalue weighted by Gasteiger charge is -2.23. The number of alkyl carbamates (subject to hydrolysis) is 1. The van der Waals surface area contributed by atoms with Gasteiger partial charge in [-0.3, -0.25) is 14.9 Å². The topological polar surface area (TPSA) is 168 Å². The molecule has 170 valence electrons. The Hall–Kier alpha value is -3.99. The van der Waals surface area contributed by atoms with Gasteiger partial charge in [-0.05, 0) is 18.1 Å². The van der Waals surface area contributed by atoms with Crippen LogP contribution < -0.4 is 10.6 Å². The largest absolute Gasteiger partial charge is 0.480 e. The first-order chi connectivity index (χ1) is 15.2. The zero-order valence-electron chi connectivity index (χ0n) is 17.1. The van der Waals surface area contributed by atoms with Crippen LogP contribution in [0.1, 0.15) is 18.1 Å². The second kappa shape index (κ2) is 11.4. The maximum absolute atomic E-state index is 12.5. The molecule has 0 fully saturated rings. The first-order valence-corrected chi connectivity index (χ1v) is 9.59. The molecular weight excluding hydrogens is 422 g/mol. The number of aliphatic hydroxyl groups excluding tert-OH is 1. The van der Waals surface area contributed by atoms with Gasteiger partial charge in [0.2, 0.25) is 5.91 Å². The van der Waals surface area contributed by atoms with Gasteiger partial charge in [-0.15, -0.1) is 0 Å². The third kappa shape index (κ3) is 7.36. The Bertz CT molecular complexity index is 947. The molecular formula is C21H23N3O8. The lowest BCUT2D eigenvalue weighted by Crippen LogP contribution is -2.56. The van der Waals surface area contributed by atoms with Crippen LogP contribution in [-0.4, -0.2) is 51.3 Å². The van der Waals surface area contributed by atoms with Gasteiger partial charge in [0, 0.05) is 18.6 Å². The van der Waals surface area contributed by atoms with Gasteiger partial charge in [-0.1, -0.05) is 42.5 Å². The zero-order chi connectivity index (χ0) is 23.7. The van der Waals surface area contributed by atoms with Gasteiger partial charge < -0.3 is 25.6 Å². The fraction of sp³-hybridized carbons (Fsp3) is 0.286. The van der Waals surface area contributed by atoms with Crippen LogP contribution in [0.25, 0.3) is 0 Å². The molecule has 2 aromatic rings. The van der Waals surface area contributed by atoms with Crippen LogP contribution in [0.2, 0.25) is 0 Å². The Balaban J connectivity index is 1.99. The molecule has 32 heavy (non-hydrogen) atoms. The molecule has 0 aliphatic rings. The average molecular weight is 445 g/mol. The highest BCUT2D eigenvalue weighted by molar-refractivity contribution is 5.89. The van der Waals surface area contributed by atoms with Crippen LogP contribution in [0.4, 0.5) is 10.5 Å². The third-order valence-corrected chi connectivity index (χ3v) is 4.45. The van der Waals surface area contributed by atoms with Crippen LogP contribution in [0.5, 0.6) is 0 Å². The number of amides is 2. The van der Waals surface area contributed by atoms with Crippen molar-refractivity contribution in [3.8, 4) is 0 Å². The first-order valence-electron chi connectivity index (χ1n) is 9.59. The Morgan fingerprint density at radius 1 is 1.03 bits per heavy atom. The van der Waals surface area contributed by atoms with Crippen molar-refractivity contribution in [3.05, 3.63) is 75.8 Å². The Kier molecular flexibility index (Phi) is 8.66. The fourth-order valence-electron chi connectivity index (χ4n) is 2.75. The number of rotatable bonds is 10. The standard InChI is InChI=1S/C21H23N3O8/c1-13(25)18(23-21(29)32-12-15-5-3-2-4-6-15)19(26)22-17(20(27)28)11-14-7-9-16(10-8-14)24(30)31/h2-10,13,17-18,25H,11-12H2,1H3,(H,22,26)(H,23,29)(H,27,28)/t13-,17+,18+/m1/s1. The summed E-state index contributed by atoms with van der Waals surface area (Å²) < 4.78 is 5.02. The fourth-order valence-corrected chi connectivity index (χ4v) is 2.75. The maximum Gasteiger partial charge on any atom is 0.408 e. The number of aliphatic carboxylic acids is 1. The Labute approximate surface area is 183 Å². The van der Waals surface area contributed by atoms with E-state index < -0.39 is 41.1 Å². The van der Waals surface area contributed by atoms with E-state index in [0.29, 0.717) is 5.56 Å². The number of carboxylic acid groups (broad SMARTS) is 1. The van der Waals surface area contributed by atoms with E-state index in [2.05, 4.69) is 10.6 Å². The Morgan fingerprint density at radius 3 is 2.19 bits per heavy atom. The second-order valence-electron chi connectivity index (χ2n) is 6.95. The number of non-ortho nitro benzene ring substituents is 1. The van der Waals surface area contributed by atoms with Gasteiger partial charge in [-0.2, -0.15) is 0 Å². The van der Waals surface area contributed by atoms with Crippen molar-refractivity contribution in [1.29, 1.82) is 0 Å².